The standard InChI is InChI=1S/C17H18N2O2/c1-13(19-21-12-15-6-4-3-5-7-15)16-8-10-17(11-9-16)18-14(2)20/h3-11H,12H2,1-2H3,(H,18,20). The molecule has 0 unspecified atom stereocenters. The van der Waals surface area contributed by atoms with Gasteiger partial charge in [-0.3, -0.25) is 4.79 Å². The predicted molar refractivity (Wildman–Crippen MR) is 84.2 cm³/mol. The Labute approximate surface area is 124 Å². The molecule has 0 saturated heterocycles. The van der Waals surface area contributed by atoms with Gasteiger partial charge in [0.25, 0.3) is 0 Å². The van der Waals surface area contributed by atoms with E-state index in [1.807, 2.05) is 61.5 Å². The fraction of sp³-hybridized carbons (Fsp3) is 0.176. The number of hydrogen-bond donors (Lipinski definition) is 1. The van der Waals surface area contributed by atoms with Crippen LogP contribution in [0.25, 0.3) is 0 Å². The summed E-state index contributed by atoms with van der Waals surface area (Å²) in [5, 5.41) is 6.84. The van der Waals surface area contributed by atoms with Gasteiger partial charge < -0.3 is 10.2 Å². The van der Waals surface area contributed by atoms with Crippen molar-refractivity contribution < 1.29 is 9.63 Å². The van der Waals surface area contributed by atoms with Crippen molar-refractivity contribution in [3.8, 4) is 0 Å². The average molecular weight is 282 g/mol. The number of oxime groups is 1. The number of hydrogen-bond acceptors (Lipinski definition) is 3. The van der Waals surface area contributed by atoms with Gasteiger partial charge >= 0.3 is 0 Å². The number of carbonyl (C=O) groups excluding carboxylic acids is 1. The van der Waals surface area contributed by atoms with Gasteiger partial charge in [0.2, 0.25) is 5.91 Å². The summed E-state index contributed by atoms with van der Waals surface area (Å²) < 4.78 is 0. The Morgan fingerprint density at radius 3 is 2.33 bits per heavy atom. The lowest BCUT2D eigenvalue weighted by molar-refractivity contribution is -0.114. The second-order valence-electron chi connectivity index (χ2n) is 4.69. The highest BCUT2D eigenvalue weighted by Gasteiger charge is 2.00. The number of nitrogens with zero attached hydrogens (tertiary/aromatic N) is 1. The number of amides is 1. The summed E-state index contributed by atoms with van der Waals surface area (Å²) in [6, 6.07) is 17.4. The van der Waals surface area contributed by atoms with E-state index in [-0.39, 0.29) is 5.91 Å². The molecule has 0 aromatic heterocycles. The molecule has 0 heterocycles. The first-order valence-electron chi connectivity index (χ1n) is 6.73. The van der Waals surface area contributed by atoms with E-state index in [0.29, 0.717) is 6.61 Å². The first-order chi connectivity index (χ1) is 10.1. The summed E-state index contributed by atoms with van der Waals surface area (Å²) in [5.74, 6) is -0.0840. The van der Waals surface area contributed by atoms with Crippen LogP contribution in [-0.2, 0) is 16.2 Å². The van der Waals surface area contributed by atoms with Crippen molar-refractivity contribution in [2.75, 3.05) is 5.32 Å². The minimum absolute atomic E-state index is 0.0840. The van der Waals surface area contributed by atoms with Crippen molar-refractivity contribution in [2.24, 2.45) is 5.16 Å². The maximum absolute atomic E-state index is 11.0. The number of anilines is 1. The number of nitrogens with one attached hydrogen (secondary N) is 1. The minimum atomic E-state index is -0.0840. The number of carbonyl (C=O) groups is 1. The quantitative estimate of drug-likeness (QED) is 0.673. The highest BCUT2D eigenvalue weighted by atomic mass is 16.6. The third-order valence-electron chi connectivity index (χ3n) is 2.90. The largest absolute Gasteiger partial charge is 0.391 e. The Balaban J connectivity index is 1.94. The lowest BCUT2D eigenvalue weighted by atomic mass is 10.1. The van der Waals surface area contributed by atoms with Crippen LogP contribution >= 0.6 is 0 Å². The third-order valence-corrected chi connectivity index (χ3v) is 2.90. The van der Waals surface area contributed by atoms with Gasteiger partial charge in [0.05, 0.1) is 5.71 Å². The monoisotopic (exact) mass is 282 g/mol. The van der Waals surface area contributed by atoms with Gasteiger partial charge in [-0.1, -0.05) is 47.6 Å². The molecule has 0 aliphatic heterocycles. The molecule has 1 amide bonds. The van der Waals surface area contributed by atoms with Crippen LogP contribution in [0, 0.1) is 0 Å². The molecule has 0 atom stereocenters. The van der Waals surface area contributed by atoms with Crippen molar-refractivity contribution in [3.05, 3.63) is 65.7 Å². The van der Waals surface area contributed by atoms with Gasteiger partial charge in [0.15, 0.2) is 0 Å². The van der Waals surface area contributed by atoms with Crippen LogP contribution in [0.2, 0.25) is 0 Å². The zero-order chi connectivity index (χ0) is 15.1. The second-order valence-corrected chi connectivity index (χ2v) is 4.69. The Kier molecular flexibility index (Phi) is 5.10. The summed E-state index contributed by atoms with van der Waals surface area (Å²) in [4.78, 5) is 16.3. The molecule has 4 nitrogen and oxygen atoms in total. The van der Waals surface area contributed by atoms with Crippen molar-refractivity contribution in [3.63, 3.8) is 0 Å². The molecule has 2 rings (SSSR count). The predicted octanol–water partition coefficient (Wildman–Crippen LogP) is 3.59. The van der Waals surface area contributed by atoms with Crippen LogP contribution in [0.4, 0.5) is 5.69 Å². The van der Waals surface area contributed by atoms with E-state index in [4.69, 9.17) is 4.84 Å². The summed E-state index contributed by atoms with van der Waals surface area (Å²) in [7, 11) is 0. The van der Waals surface area contributed by atoms with Crippen LogP contribution in [-0.4, -0.2) is 11.6 Å². The molecule has 0 aliphatic rings. The molecule has 4 heteroatoms. The first kappa shape index (κ1) is 14.8. The maximum atomic E-state index is 11.0. The van der Waals surface area contributed by atoms with E-state index in [2.05, 4.69) is 10.5 Å². The molecule has 0 saturated carbocycles. The summed E-state index contributed by atoms with van der Waals surface area (Å²) in [6.07, 6.45) is 0. The molecule has 1 N–H and O–H groups in total. The molecule has 0 radical (unpaired) electrons. The van der Waals surface area contributed by atoms with E-state index in [1.165, 1.54) is 6.92 Å². The zero-order valence-electron chi connectivity index (χ0n) is 12.2. The van der Waals surface area contributed by atoms with Crippen LogP contribution in [0.15, 0.2) is 59.8 Å². The molecule has 0 bridgehead atoms. The minimum Gasteiger partial charge on any atom is -0.391 e. The van der Waals surface area contributed by atoms with Crippen LogP contribution in [0.1, 0.15) is 25.0 Å². The topological polar surface area (TPSA) is 50.7 Å². The highest BCUT2D eigenvalue weighted by Crippen LogP contribution is 2.11. The summed E-state index contributed by atoms with van der Waals surface area (Å²) in [6.45, 7) is 3.82. The van der Waals surface area contributed by atoms with E-state index in [9.17, 15) is 4.79 Å². The van der Waals surface area contributed by atoms with Gasteiger partial charge in [0, 0.05) is 12.6 Å². The van der Waals surface area contributed by atoms with Gasteiger partial charge in [-0.15, -0.1) is 0 Å². The fourth-order valence-electron chi connectivity index (χ4n) is 1.83. The molecule has 0 spiro atoms. The Morgan fingerprint density at radius 2 is 1.71 bits per heavy atom. The molecule has 0 aliphatic carbocycles. The molecule has 21 heavy (non-hydrogen) atoms. The van der Waals surface area contributed by atoms with E-state index in [0.717, 1.165) is 22.5 Å². The third kappa shape index (κ3) is 4.76. The van der Waals surface area contributed by atoms with Crippen molar-refractivity contribution in [2.45, 2.75) is 20.5 Å². The van der Waals surface area contributed by atoms with Crippen molar-refractivity contribution >= 4 is 17.3 Å². The molecular formula is C17H18N2O2. The first-order valence-corrected chi connectivity index (χ1v) is 6.73. The molecular weight excluding hydrogens is 264 g/mol. The lowest BCUT2D eigenvalue weighted by Crippen LogP contribution is -2.06. The van der Waals surface area contributed by atoms with Crippen LogP contribution in [0.3, 0.4) is 0 Å². The highest BCUT2D eigenvalue weighted by molar-refractivity contribution is 5.99. The normalized spacial score (nSPS) is 11.0. The smallest absolute Gasteiger partial charge is 0.221 e. The van der Waals surface area contributed by atoms with Crippen molar-refractivity contribution in [1.29, 1.82) is 0 Å². The van der Waals surface area contributed by atoms with E-state index < -0.39 is 0 Å². The van der Waals surface area contributed by atoms with Gasteiger partial charge in [-0.05, 0) is 30.2 Å². The molecule has 2 aromatic carbocycles. The molecule has 0 fully saturated rings. The number of benzene rings is 2. The summed E-state index contributed by atoms with van der Waals surface area (Å²) in [5.41, 5.74) is 3.59. The Hall–Kier alpha value is -2.62. The van der Waals surface area contributed by atoms with Crippen LogP contribution < -0.4 is 5.32 Å². The number of rotatable bonds is 5. The van der Waals surface area contributed by atoms with Crippen LogP contribution in [0.5, 0.6) is 0 Å². The maximum Gasteiger partial charge on any atom is 0.221 e. The van der Waals surface area contributed by atoms with Gasteiger partial charge in [0.1, 0.15) is 6.61 Å². The average Bonchev–Trinajstić information content (AvgIpc) is 2.48. The van der Waals surface area contributed by atoms with Gasteiger partial charge in [-0.25, -0.2) is 0 Å². The van der Waals surface area contributed by atoms with E-state index in [1.54, 1.807) is 0 Å². The van der Waals surface area contributed by atoms with Gasteiger partial charge in [-0.2, -0.15) is 0 Å². The molecule has 2 aromatic rings. The second kappa shape index (κ2) is 7.24. The lowest BCUT2D eigenvalue weighted by Gasteiger charge is -2.05. The fourth-order valence-corrected chi connectivity index (χ4v) is 1.83. The Bertz CT molecular complexity index is 619. The van der Waals surface area contributed by atoms with E-state index >= 15 is 0 Å². The zero-order valence-corrected chi connectivity index (χ0v) is 12.2. The SMILES string of the molecule is CC(=O)Nc1ccc(C(C)=NOCc2ccccc2)cc1. The molecule has 108 valence electrons. The van der Waals surface area contributed by atoms with Crippen molar-refractivity contribution in [1.82, 2.24) is 0 Å². The summed E-state index contributed by atoms with van der Waals surface area (Å²) >= 11 is 0. The Morgan fingerprint density at radius 1 is 1.05 bits per heavy atom.